The van der Waals surface area contributed by atoms with Crippen LogP contribution in [0, 0.1) is 0 Å². The number of alkyl halides is 3. The zero-order chi connectivity index (χ0) is 26.4. The third-order valence-corrected chi connectivity index (χ3v) is 6.51. The molecule has 4 aromatic rings. The lowest BCUT2D eigenvalue weighted by atomic mass is 10.1. The molecular formula is C28H28F3N3O2S. The van der Waals surface area contributed by atoms with Crippen molar-refractivity contribution in [1.29, 1.82) is 0 Å². The van der Waals surface area contributed by atoms with Crippen molar-refractivity contribution in [2.24, 2.45) is 0 Å². The van der Waals surface area contributed by atoms with Crippen LogP contribution < -0.4 is 10.1 Å². The SMILES string of the molecule is CCCCNC(=O)c1ccc2c(c1)nc(C(C)Oc1ccccc1)n2Cc1ccc(SC(F)(F)F)cc1. The van der Waals surface area contributed by atoms with Crippen LogP contribution in [0.25, 0.3) is 11.0 Å². The Bertz CT molecular complexity index is 1340. The predicted molar refractivity (Wildman–Crippen MR) is 140 cm³/mol. The summed E-state index contributed by atoms with van der Waals surface area (Å²) in [4.78, 5) is 17.5. The highest BCUT2D eigenvalue weighted by molar-refractivity contribution is 8.00. The van der Waals surface area contributed by atoms with Crippen LogP contribution in [-0.4, -0.2) is 27.5 Å². The van der Waals surface area contributed by atoms with Gasteiger partial charge in [0.2, 0.25) is 0 Å². The number of rotatable bonds is 10. The van der Waals surface area contributed by atoms with Crippen molar-refractivity contribution in [2.75, 3.05) is 6.54 Å². The molecule has 0 aliphatic heterocycles. The number of benzene rings is 3. The summed E-state index contributed by atoms with van der Waals surface area (Å²) in [7, 11) is 0. The number of aromatic nitrogens is 2. The maximum Gasteiger partial charge on any atom is 0.446 e. The molecule has 0 saturated carbocycles. The molecule has 0 fully saturated rings. The van der Waals surface area contributed by atoms with E-state index in [1.54, 1.807) is 24.3 Å². The highest BCUT2D eigenvalue weighted by atomic mass is 32.2. The highest BCUT2D eigenvalue weighted by Gasteiger charge is 2.29. The van der Waals surface area contributed by atoms with E-state index in [9.17, 15) is 18.0 Å². The number of halogens is 3. The minimum atomic E-state index is -4.33. The molecule has 1 atom stereocenters. The Balaban J connectivity index is 1.66. The molecule has 194 valence electrons. The van der Waals surface area contributed by atoms with Gasteiger partial charge in [0, 0.05) is 23.5 Å². The normalized spacial score (nSPS) is 12.5. The lowest BCUT2D eigenvalue weighted by Crippen LogP contribution is -2.24. The largest absolute Gasteiger partial charge is 0.483 e. The van der Waals surface area contributed by atoms with Gasteiger partial charge in [-0.2, -0.15) is 13.2 Å². The number of hydrogen-bond donors (Lipinski definition) is 1. The third-order valence-electron chi connectivity index (χ3n) is 5.77. The smallest absolute Gasteiger partial charge is 0.446 e. The van der Waals surface area contributed by atoms with Crippen LogP contribution in [-0.2, 0) is 6.54 Å². The number of carbonyl (C=O) groups is 1. The fourth-order valence-corrected chi connectivity index (χ4v) is 4.52. The molecule has 1 N–H and O–H groups in total. The van der Waals surface area contributed by atoms with Crippen LogP contribution in [0.2, 0.25) is 0 Å². The van der Waals surface area contributed by atoms with Gasteiger partial charge in [-0.3, -0.25) is 4.79 Å². The van der Waals surface area contributed by atoms with Gasteiger partial charge in [0.1, 0.15) is 5.75 Å². The summed E-state index contributed by atoms with van der Waals surface area (Å²) in [5.41, 5.74) is -1.55. The number of para-hydroxylation sites is 1. The zero-order valence-corrected chi connectivity index (χ0v) is 21.4. The average Bonchev–Trinajstić information content (AvgIpc) is 3.22. The molecule has 9 heteroatoms. The predicted octanol–water partition coefficient (Wildman–Crippen LogP) is 7.37. The van der Waals surface area contributed by atoms with E-state index in [0.29, 0.717) is 35.7 Å². The summed E-state index contributed by atoms with van der Waals surface area (Å²) < 4.78 is 46.3. The Labute approximate surface area is 218 Å². The number of nitrogens with zero attached hydrogens (tertiary/aromatic N) is 2. The van der Waals surface area contributed by atoms with E-state index < -0.39 is 11.6 Å². The van der Waals surface area contributed by atoms with E-state index in [-0.39, 0.29) is 22.6 Å². The number of nitrogens with one attached hydrogen (secondary N) is 1. The highest BCUT2D eigenvalue weighted by Crippen LogP contribution is 2.37. The molecule has 4 rings (SSSR count). The van der Waals surface area contributed by atoms with Gasteiger partial charge in [-0.05, 0) is 73.1 Å². The molecule has 37 heavy (non-hydrogen) atoms. The first-order valence-corrected chi connectivity index (χ1v) is 12.9. The molecule has 1 heterocycles. The number of hydrogen-bond acceptors (Lipinski definition) is 4. The summed E-state index contributed by atoms with van der Waals surface area (Å²) in [6, 6.07) is 21.1. The second-order valence-electron chi connectivity index (χ2n) is 8.63. The van der Waals surface area contributed by atoms with Crippen molar-refractivity contribution in [3.05, 3.63) is 89.7 Å². The van der Waals surface area contributed by atoms with Crippen molar-refractivity contribution in [2.45, 2.75) is 49.7 Å². The van der Waals surface area contributed by atoms with Gasteiger partial charge >= 0.3 is 5.51 Å². The Hall–Kier alpha value is -3.46. The summed E-state index contributed by atoms with van der Waals surface area (Å²) in [5, 5.41) is 2.92. The molecular weight excluding hydrogens is 499 g/mol. The monoisotopic (exact) mass is 527 g/mol. The molecule has 1 unspecified atom stereocenters. The minimum absolute atomic E-state index is 0.131. The number of fused-ring (bicyclic) bond motifs is 1. The van der Waals surface area contributed by atoms with E-state index >= 15 is 0 Å². The number of unbranched alkanes of at least 4 members (excludes halogenated alkanes) is 1. The van der Waals surface area contributed by atoms with Crippen LogP contribution in [0.1, 0.15) is 54.5 Å². The van der Waals surface area contributed by atoms with E-state index in [1.165, 1.54) is 12.1 Å². The number of carbonyl (C=O) groups excluding carboxylic acids is 1. The molecule has 0 spiro atoms. The minimum Gasteiger partial charge on any atom is -0.483 e. The summed E-state index contributed by atoms with van der Waals surface area (Å²) in [6.07, 6.45) is 1.47. The number of ether oxygens (including phenoxy) is 1. The van der Waals surface area contributed by atoms with E-state index in [2.05, 4.69) is 12.2 Å². The van der Waals surface area contributed by atoms with E-state index in [1.807, 2.05) is 47.9 Å². The van der Waals surface area contributed by atoms with Crippen LogP contribution in [0.3, 0.4) is 0 Å². The maximum absolute atomic E-state index is 12.7. The van der Waals surface area contributed by atoms with E-state index in [0.717, 1.165) is 23.9 Å². The standard InChI is InChI=1S/C28H28F3N3O2S/c1-3-4-16-32-27(35)21-12-15-25-24(17-21)33-26(19(2)36-22-8-6-5-7-9-22)34(25)18-20-10-13-23(14-11-20)37-28(29,30)31/h5-15,17,19H,3-4,16,18H2,1-2H3,(H,32,35). The number of imidazole rings is 1. The molecule has 1 amide bonds. The maximum atomic E-state index is 12.7. The second kappa shape index (κ2) is 11.7. The molecule has 0 aliphatic rings. The first-order chi connectivity index (χ1) is 17.7. The van der Waals surface area contributed by atoms with Gasteiger partial charge in [-0.15, -0.1) is 0 Å². The fourth-order valence-electron chi connectivity index (χ4n) is 3.98. The molecule has 0 bridgehead atoms. The Morgan fingerprint density at radius 3 is 2.49 bits per heavy atom. The lowest BCUT2D eigenvalue weighted by Gasteiger charge is -2.17. The van der Waals surface area contributed by atoms with E-state index in [4.69, 9.17) is 9.72 Å². The van der Waals surface area contributed by atoms with Gasteiger partial charge in [0.25, 0.3) is 5.91 Å². The first kappa shape index (κ1) is 26.6. The first-order valence-electron chi connectivity index (χ1n) is 12.1. The van der Waals surface area contributed by atoms with Crippen LogP contribution in [0.5, 0.6) is 5.75 Å². The van der Waals surface area contributed by atoms with Crippen molar-refractivity contribution >= 4 is 28.7 Å². The quantitative estimate of drug-likeness (QED) is 0.173. The summed E-state index contributed by atoms with van der Waals surface area (Å²) >= 11 is -0.137. The molecule has 0 saturated heterocycles. The van der Waals surface area contributed by atoms with Crippen LogP contribution in [0.4, 0.5) is 13.2 Å². The number of amides is 1. The van der Waals surface area contributed by atoms with Crippen molar-refractivity contribution in [1.82, 2.24) is 14.9 Å². The molecule has 3 aromatic carbocycles. The average molecular weight is 528 g/mol. The van der Waals surface area contributed by atoms with Gasteiger partial charge < -0.3 is 14.6 Å². The van der Waals surface area contributed by atoms with Crippen molar-refractivity contribution < 1.29 is 22.7 Å². The molecule has 0 radical (unpaired) electrons. The summed E-state index contributed by atoms with van der Waals surface area (Å²) in [5.74, 6) is 1.19. The van der Waals surface area contributed by atoms with Gasteiger partial charge in [-0.25, -0.2) is 4.98 Å². The Kier molecular flexibility index (Phi) is 8.43. The third kappa shape index (κ3) is 7.07. The second-order valence-corrected chi connectivity index (χ2v) is 9.77. The topological polar surface area (TPSA) is 56.1 Å². The van der Waals surface area contributed by atoms with Gasteiger partial charge in [0.15, 0.2) is 11.9 Å². The lowest BCUT2D eigenvalue weighted by molar-refractivity contribution is -0.0328. The fraction of sp³-hybridized carbons (Fsp3) is 0.286. The molecule has 5 nitrogen and oxygen atoms in total. The van der Waals surface area contributed by atoms with Crippen LogP contribution in [0.15, 0.2) is 77.7 Å². The Morgan fingerprint density at radius 2 is 1.81 bits per heavy atom. The van der Waals surface area contributed by atoms with Crippen molar-refractivity contribution in [3.63, 3.8) is 0 Å². The van der Waals surface area contributed by atoms with Crippen LogP contribution >= 0.6 is 11.8 Å². The van der Waals surface area contributed by atoms with Gasteiger partial charge in [0.05, 0.1) is 11.0 Å². The van der Waals surface area contributed by atoms with Crippen molar-refractivity contribution in [3.8, 4) is 5.75 Å². The molecule has 1 aromatic heterocycles. The summed E-state index contributed by atoms with van der Waals surface area (Å²) in [6.45, 7) is 4.95. The number of thioether (sulfide) groups is 1. The Morgan fingerprint density at radius 1 is 1.08 bits per heavy atom. The van der Waals surface area contributed by atoms with Gasteiger partial charge in [-0.1, -0.05) is 43.7 Å². The zero-order valence-electron chi connectivity index (χ0n) is 20.6. The molecule has 0 aliphatic carbocycles.